The molecule has 0 radical (unpaired) electrons. The third-order valence-electron chi connectivity index (χ3n) is 2.04. The molecule has 0 aliphatic carbocycles. The number of benzene rings is 2. The lowest BCUT2D eigenvalue weighted by molar-refractivity contribution is -0.0496. The van der Waals surface area contributed by atoms with E-state index in [0.29, 0.717) is 5.39 Å². The Morgan fingerprint density at radius 1 is 1.07 bits per heavy atom. The second kappa shape index (κ2) is 4.03. The predicted octanol–water partition coefficient (Wildman–Crippen LogP) is 4.09. The first kappa shape index (κ1) is 10.2. The Balaban J connectivity index is 2.55. The summed E-state index contributed by atoms with van der Waals surface area (Å²) in [5, 5.41) is 1.81. The van der Waals surface area contributed by atoms with Crippen molar-refractivity contribution in [3.05, 3.63) is 41.4 Å². The van der Waals surface area contributed by atoms with Crippen LogP contribution in [0, 0.1) is 0 Å². The molecule has 2 rings (SSSR count). The van der Waals surface area contributed by atoms with Crippen LogP contribution in [0.25, 0.3) is 10.8 Å². The highest BCUT2D eigenvalue weighted by atomic mass is 35.5. The fourth-order valence-electron chi connectivity index (χ4n) is 1.40. The topological polar surface area (TPSA) is 9.23 Å². The summed E-state index contributed by atoms with van der Waals surface area (Å²) in [6.45, 7) is -2.86. The smallest absolute Gasteiger partial charge is 0.387 e. The Hall–Kier alpha value is -1.35. The summed E-state index contributed by atoms with van der Waals surface area (Å²) in [7, 11) is 0. The zero-order valence-electron chi connectivity index (χ0n) is 7.58. The van der Waals surface area contributed by atoms with Crippen LogP contribution in [-0.2, 0) is 0 Å². The molecule has 0 bridgehead atoms. The molecule has 0 unspecified atom stereocenters. The molecule has 1 nitrogen and oxygen atoms in total. The van der Waals surface area contributed by atoms with Gasteiger partial charge in [0.05, 0.1) is 5.02 Å². The molecule has 0 aromatic heterocycles. The molecule has 0 saturated heterocycles. The molecule has 0 amide bonds. The zero-order valence-corrected chi connectivity index (χ0v) is 8.34. The van der Waals surface area contributed by atoms with Crippen LogP contribution < -0.4 is 4.74 Å². The Bertz CT molecular complexity index is 485. The third kappa shape index (κ3) is 2.02. The Morgan fingerprint density at radius 2 is 1.80 bits per heavy atom. The van der Waals surface area contributed by atoms with E-state index in [1.165, 1.54) is 6.07 Å². The Labute approximate surface area is 90.2 Å². The van der Waals surface area contributed by atoms with E-state index in [4.69, 9.17) is 11.6 Å². The van der Waals surface area contributed by atoms with E-state index in [2.05, 4.69) is 4.74 Å². The van der Waals surface area contributed by atoms with Crippen molar-refractivity contribution in [1.82, 2.24) is 0 Å². The number of hydrogen-bond acceptors (Lipinski definition) is 1. The van der Waals surface area contributed by atoms with Gasteiger partial charge in [-0.15, -0.1) is 0 Å². The molecule has 4 heteroatoms. The van der Waals surface area contributed by atoms with Gasteiger partial charge in [-0.1, -0.05) is 41.9 Å². The van der Waals surface area contributed by atoms with Crippen molar-refractivity contribution in [2.45, 2.75) is 6.61 Å². The highest BCUT2D eigenvalue weighted by Crippen LogP contribution is 2.33. The minimum Gasteiger partial charge on any atom is -0.433 e. The zero-order chi connectivity index (χ0) is 10.8. The SMILES string of the molecule is FC(F)Oc1ccc2ccccc2c1Cl. The molecule has 0 N–H and O–H groups in total. The first-order chi connectivity index (χ1) is 7.18. The summed E-state index contributed by atoms with van der Waals surface area (Å²) in [4.78, 5) is 0. The van der Waals surface area contributed by atoms with E-state index in [1.54, 1.807) is 18.2 Å². The van der Waals surface area contributed by atoms with Gasteiger partial charge >= 0.3 is 6.61 Å². The van der Waals surface area contributed by atoms with Crippen molar-refractivity contribution in [2.24, 2.45) is 0 Å². The molecule has 2 aromatic rings. The lowest BCUT2D eigenvalue weighted by Gasteiger charge is -2.08. The molecule has 0 atom stereocenters. The van der Waals surface area contributed by atoms with Gasteiger partial charge in [-0.05, 0) is 11.5 Å². The molecule has 0 aliphatic heterocycles. The quantitative estimate of drug-likeness (QED) is 0.752. The molecule has 2 aromatic carbocycles. The number of halogens is 3. The first-order valence-corrected chi connectivity index (χ1v) is 4.68. The molecular formula is C11H7ClF2O. The maximum Gasteiger partial charge on any atom is 0.387 e. The van der Waals surface area contributed by atoms with Gasteiger partial charge < -0.3 is 4.74 Å². The van der Waals surface area contributed by atoms with Gasteiger partial charge in [0.2, 0.25) is 0 Å². The van der Waals surface area contributed by atoms with Crippen molar-refractivity contribution in [2.75, 3.05) is 0 Å². The van der Waals surface area contributed by atoms with E-state index in [9.17, 15) is 8.78 Å². The predicted molar refractivity (Wildman–Crippen MR) is 55.6 cm³/mol. The van der Waals surface area contributed by atoms with Crippen LogP contribution in [-0.4, -0.2) is 6.61 Å². The van der Waals surface area contributed by atoms with Crippen LogP contribution in [0.15, 0.2) is 36.4 Å². The Morgan fingerprint density at radius 3 is 2.53 bits per heavy atom. The molecule has 0 fully saturated rings. The van der Waals surface area contributed by atoms with E-state index in [1.807, 2.05) is 12.1 Å². The summed E-state index contributed by atoms with van der Waals surface area (Å²) in [5.41, 5.74) is 0. The summed E-state index contributed by atoms with van der Waals surface area (Å²) >= 11 is 5.93. The van der Waals surface area contributed by atoms with Crippen LogP contribution >= 0.6 is 11.6 Å². The summed E-state index contributed by atoms with van der Waals surface area (Å²) in [5.74, 6) is 0.00497. The van der Waals surface area contributed by atoms with Gasteiger partial charge in [0, 0.05) is 5.39 Å². The lowest BCUT2D eigenvalue weighted by Crippen LogP contribution is -2.02. The number of alkyl halides is 2. The first-order valence-electron chi connectivity index (χ1n) is 4.30. The van der Waals surface area contributed by atoms with Crippen LogP contribution in [0.2, 0.25) is 5.02 Å². The minimum atomic E-state index is -2.86. The van der Waals surface area contributed by atoms with Gasteiger partial charge in [-0.25, -0.2) is 0 Å². The number of hydrogen-bond donors (Lipinski definition) is 0. The molecule has 0 saturated carbocycles. The van der Waals surface area contributed by atoms with Crippen molar-refractivity contribution in [3.63, 3.8) is 0 Å². The Kier molecular flexibility index (Phi) is 2.73. The van der Waals surface area contributed by atoms with Crippen LogP contribution in [0.4, 0.5) is 8.78 Å². The second-order valence-electron chi connectivity index (χ2n) is 2.98. The fourth-order valence-corrected chi connectivity index (χ4v) is 1.68. The molecule has 0 spiro atoms. The monoisotopic (exact) mass is 228 g/mol. The molecule has 0 aliphatic rings. The van der Waals surface area contributed by atoms with Crippen molar-refractivity contribution < 1.29 is 13.5 Å². The average molecular weight is 229 g/mol. The highest BCUT2D eigenvalue weighted by Gasteiger charge is 2.10. The van der Waals surface area contributed by atoms with E-state index in [0.717, 1.165) is 5.39 Å². The van der Waals surface area contributed by atoms with Gasteiger partial charge in [0.25, 0.3) is 0 Å². The number of rotatable bonds is 2. The molecule has 78 valence electrons. The van der Waals surface area contributed by atoms with E-state index >= 15 is 0 Å². The summed E-state index contributed by atoms with van der Waals surface area (Å²) < 4.78 is 28.3. The maximum absolute atomic E-state index is 12.0. The van der Waals surface area contributed by atoms with E-state index in [-0.39, 0.29) is 10.8 Å². The van der Waals surface area contributed by atoms with Gasteiger partial charge in [-0.3, -0.25) is 0 Å². The van der Waals surface area contributed by atoms with Gasteiger partial charge in [-0.2, -0.15) is 8.78 Å². The molecular weight excluding hydrogens is 222 g/mol. The van der Waals surface area contributed by atoms with Crippen molar-refractivity contribution in [3.8, 4) is 5.75 Å². The number of fused-ring (bicyclic) bond motifs is 1. The van der Waals surface area contributed by atoms with Gasteiger partial charge in [0.15, 0.2) is 0 Å². The largest absolute Gasteiger partial charge is 0.433 e. The van der Waals surface area contributed by atoms with Crippen LogP contribution in [0.1, 0.15) is 0 Å². The second-order valence-corrected chi connectivity index (χ2v) is 3.36. The third-order valence-corrected chi connectivity index (χ3v) is 2.43. The van der Waals surface area contributed by atoms with E-state index < -0.39 is 6.61 Å². The maximum atomic E-state index is 12.0. The van der Waals surface area contributed by atoms with Crippen LogP contribution in [0.5, 0.6) is 5.75 Å². The fraction of sp³-hybridized carbons (Fsp3) is 0.0909. The highest BCUT2D eigenvalue weighted by molar-refractivity contribution is 6.37. The lowest BCUT2D eigenvalue weighted by atomic mass is 10.1. The van der Waals surface area contributed by atoms with Crippen molar-refractivity contribution in [1.29, 1.82) is 0 Å². The normalized spacial score (nSPS) is 10.9. The summed E-state index contributed by atoms with van der Waals surface area (Å²) in [6, 6.07) is 10.4. The van der Waals surface area contributed by atoms with Crippen LogP contribution in [0.3, 0.4) is 0 Å². The minimum absolute atomic E-state index is 0.00497. The van der Waals surface area contributed by atoms with Gasteiger partial charge in [0.1, 0.15) is 5.75 Å². The van der Waals surface area contributed by atoms with Crippen molar-refractivity contribution >= 4 is 22.4 Å². The number of ether oxygens (including phenoxy) is 1. The summed E-state index contributed by atoms with van der Waals surface area (Å²) in [6.07, 6.45) is 0. The molecule has 15 heavy (non-hydrogen) atoms. The standard InChI is InChI=1S/C11H7ClF2O/c12-10-8-4-2-1-3-7(8)5-6-9(10)15-11(13)14/h1-6,11H. The molecule has 0 heterocycles. The average Bonchev–Trinajstić information content (AvgIpc) is 2.22.